The first-order valence-corrected chi connectivity index (χ1v) is 6.08. The predicted molar refractivity (Wildman–Crippen MR) is 56.1 cm³/mol. The van der Waals surface area contributed by atoms with Gasteiger partial charge in [0.15, 0.2) is 0 Å². The quantitative estimate of drug-likeness (QED) is 0.701. The molecule has 4 atom stereocenters. The third-order valence-corrected chi connectivity index (χ3v) is 4.00. The van der Waals surface area contributed by atoms with Crippen molar-refractivity contribution >= 4 is 0 Å². The topological polar surface area (TPSA) is 29.5 Å². The Morgan fingerprint density at radius 2 is 1.71 bits per heavy atom. The molecule has 0 bridgehead atoms. The zero-order valence-corrected chi connectivity index (χ0v) is 9.11. The fourth-order valence-electron chi connectivity index (χ4n) is 3.15. The average molecular weight is 198 g/mol. The molecule has 1 aliphatic carbocycles. The predicted octanol–water partition coefficient (Wildman–Crippen LogP) is 2.35. The standard InChI is InChI=1S/C12H22O2/c1-9-10(6-4-8-14-9)11-5-2-3-7-12(11)13/h9-13H,2-8H2,1H3/t9-,10+,11-,12+/m1/s1. The molecule has 0 spiro atoms. The monoisotopic (exact) mass is 198 g/mol. The largest absolute Gasteiger partial charge is 0.393 e. The Kier molecular flexibility index (Phi) is 3.45. The highest BCUT2D eigenvalue weighted by Gasteiger charge is 2.35. The summed E-state index contributed by atoms with van der Waals surface area (Å²) in [7, 11) is 0. The highest BCUT2D eigenvalue weighted by atomic mass is 16.5. The molecule has 0 unspecified atom stereocenters. The molecule has 0 amide bonds. The van der Waals surface area contributed by atoms with Gasteiger partial charge in [0, 0.05) is 6.61 Å². The van der Waals surface area contributed by atoms with Gasteiger partial charge in [-0.05, 0) is 44.4 Å². The third kappa shape index (κ3) is 2.12. The molecule has 2 aliphatic rings. The maximum Gasteiger partial charge on any atom is 0.0578 e. The first-order chi connectivity index (χ1) is 6.79. The summed E-state index contributed by atoms with van der Waals surface area (Å²) >= 11 is 0. The Bertz CT molecular complexity index is 161. The van der Waals surface area contributed by atoms with Crippen LogP contribution in [0.25, 0.3) is 0 Å². The minimum atomic E-state index is -0.0575. The van der Waals surface area contributed by atoms with E-state index in [0.29, 0.717) is 17.9 Å². The van der Waals surface area contributed by atoms with E-state index in [0.717, 1.165) is 13.0 Å². The van der Waals surface area contributed by atoms with E-state index in [1.54, 1.807) is 0 Å². The Morgan fingerprint density at radius 1 is 1.00 bits per heavy atom. The summed E-state index contributed by atoms with van der Waals surface area (Å²) in [5, 5.41) is 9.98. The van der Waals surface area contributed by atoms with Gasteiger partial charge < -0.3 is 9.84 Å². The second-order valence-corrected chi connectivity index (χ2v) is 4.90. The summed E-state index contributed by atoms with van der Waals surface area (Å²) in [5.41, 5.74) is 0. The molecule has 2 rings (SSSR count). The molecule has 14 heavy (non-hydrogen) atoms. The smallest absolute Gasteiger partial charge is 0.0578 e. The second-order valence-electron chi connectivity index (χ2n) is 4.90. The number of ether oxygens (including phenoxy) is 1. The van der Waals surface area contributed by atoms with E-state index in [1.165, 1.54) is 32.1 Å². The second kappa shape index (κ2) is 4.63. The molecule has 0 aromatic heterocycles. The number of hydrogen-bond donors (Lipinski definition) is 1. The summed E-state index contributed by atoms with van der Waals surface area (Å²) in [6, 6.07) is 0. The molecule has 2 nitrogen and oxygen atoms in total. The molecular formula is C12H22O2. The van der Waals surface area contributed by atoms with Gasteiger partial charge in [0.25, 0.3) is 0 Å². The Morgan fingerprint density at radius 3 is 2.43 bits per heavy atom. The maximum absolute atomic E-state index is 9.98. The fraction of sp³-hybridized carbons (Fsp3) is 1.00. The molecule has 1 N–H and O–H groups in total. The van der Waals surface area contributed by atoms with E-state index in [9.17, 15) is 5.11 Å². The van der Waals surface area contributed by atoms with E-state index in [-0.39, 0.29) is 6.10 Å². The van der Waals surface area contributed by atoms with Crippen molar-refractivity contribution in [3.8, 4) is 0 Å². The lowest BCUT2D eigenvalue weighted by Crippen LogP contribution is -2.39. The third-order valence-electron chi connectivity index (χ3n) is 4.00. The molecule has 2 heteroatoms. The molecule has 0 radical (unpaired) electrons. The van der Waals surface area contributed by atoms with Gasteiger partial charge in [-0.15, -0.1) is 0 Å². The molecule has 0 aromatic rings. The van der Waals surface area contributed by atoms with Crippen LogP contribution in [0.1, 0.15) is 45.4 Å². The van der Waals surface area contributed by atoms with Gasteiger partial charge in [-0.1, -0.05) is 12.8 Å². The minimum absolute atomic E-state index is 0.0575. The molecule has 2 fully saturated rings. The van der Waals surface area contributed by atoms with E-state index >= 15 is 0 Å². The molecule has 1 heterocycles. The lowest BCUT2D eigenvalue weighted by Gasteiger charge is -2.39. The minimum Gasteiger partial charge on any atom is -0.393 e. The van der Waals surface area contributed by atoms with Crippen molar-refractivity contribution < 1.29 is 9.84 Å². The number of aliphatic hydroxyl groups excluding tert-OH is 1. The number of hydrogen-bond acceptors (Lipinski definition) is 2. The van der Waals surface area contributed by atoms with Crippen LogP contribution >= 0.6 is 0 Å². The molecule has 1 saturated heterocycles. The number of aliphatic hydroxyl groups is 1. The Labute approximate surface area is 86.6 Å². The number of rotatable bonds is 1. The zero-order chi connectivity index (χ0) is 9.97. The van der Waals surface area contributed by atoms with Crippen LogP contribution in [0.5, 0.6) is 0 Å². The van der Waals surface area contributed by atoms with Crippen molar-refractivity contribution in [1.29, 1.82) is 0 Å². The molecule has 0 aromatic carbocycles. The van der Waals surface area contributed by atoms with Crippen molar-refractivity contribution in [2.45, 2.75) is 57.7 Å². The van der Waals surface area contributed by atoms with Gasteiger partial charge in [0.2, 0.25) is 0 Å². The first kappa shape index (κ1) is 10.4. The fourth-order valence-corrected chi connectivity index (χ4v) is 3.15. The Balaban J connectivity index is 1.96. The molecule has 1 aliphatic heterocycles. The van der Waals surface area contributed by atoms with E-state index < -0.39 is 0 Å². The van der Waals surface area contributed by atoms with Crippen molar-refractivity contribution in [3.05, 3.63) is 0 Å². The van der Waals surface area contributed by atoms with Gasteiger partial charge in [-0.3, -0.25) is 0 Å². The van der Waals surface area contributed by atoms with Crippen LogP contribution in [0, 0.1) is 11.8 Å². The normalized spacial score (nSPS) is 45.0. The van der Waals surface area contributed by atoms with E-state index in [4.69, 9.17) is 4.74 Å². The molecular weight excluding hydrogens is 176 g/mol. The highest BCUT2D eigenvalue weighted by Crippen LogP contribution is 2.37. The average Bonchev–Trinajstić information content (AvgIpc) is 2.20. The van der Waals surface area contributed by atoms with E-state index in [1.807, 2.05) is 0 Å². The summed E-state index contributed by atoms with van der Waals surface area (Å²) in [6.07, 6.45) is 7.46. The van der Waals surface area contributed by atoms with Crippen LogP contribution in [0.3, 0.4) is 0 Å². The van der Waals surface area contributed by atoms with Crippen molar-refractivity contribution in [2.75, 3.05) is 6.61 Å². The summed E-state index contributed by atoms with van der Waals surface area (Å²) in [4.78, 5) is 0. The van der Waals surface area contributed by atoms with Crippen LogP contribution in [0.2, 0.25) is 0 Å². The van der Waals surface area contributed by atoms with Crippen molar-refractivity contribution in [2.24, 2.45) is 11.8 Å². The lowest BCUT2D eigenvalue weighted by molar-refractivity contribution is -0.0717. The Hall–Kier alpha value is -0.0800. The first-order valence-electron chi connectivity index (χ1n) is 6.08. The van der Waals surface area contributed by atoms with Crippen LogP contribution < -0.4 is 0 Å². The molecule has 82 valence electrons. The van der Waals surface area contributed by atoms with Gasteiger partial charge >= 0.3 is 0 Å². The highest BCUT2D eigenvalue weighted by molar-refractivity contribution is 4.85. The summed E-state index contributed by atoms with van der Waals surface area (Å²) < 4.78 is 5.68. The molecule has 1 saturated carbocycles. The van der Waals surface area contributed by atoms with Crippen LogP contribution in [0.15, 0.2) is 0 Å². The van der Waals surface area contributed by atoms with Gasteiger partial charge in [0.05, 0.1) is 12.2 Å². The summed E-state index contributed by atoms with van der Waals surface area (Å²) in [6.45, 7) is 3.09. The van der Waals surface area contributed by atoms with Gasteiger partial charge in [0.1, 0.15) is 0 Å². The van der Waals surface area contributed by atoms with Gasteiger partial charge in [-0.2, -0.15) is 0 Å². The maximum atomic E-state index is 9.98. The van der Waals surface area contributed by atoms with Crippen LogP contribution in [0.4, 0.5) is 0 Å². The van der Waals surface area contributed by atoms with Crippen LogP contribution in [-0.2, 0) is 4.74 Å². The van der Waals surface area contributed by atoms with E-state index in [2.05, 4.69) is 6.92 Å². The zero-order valence-electron chi connectivity index (χ0n) is 9.11. The van der Waals surface area contributed by atoms with Gasteiger partial charge in [-0.25, -0.2) is 0 Å². The van der Waals surface area contributed by atoms with Crippen molar-refractivity contribution in [3.63, 3.8) is 0 Å². The summed E-state index contributed by atoms with van der Waals surface area (Å²) in [5.74, 6) is 1.12. The van der Waals surface area contributed by atoms with Crippen molar-refractivity contribution in [1.82, 2.24) is 0 Å². The lowest BCUT2D eigenvalue weighted by atomic mass is 9.73. The van der Waals surface area contributed by atoms with Crippen LogP contribution in [-0.4, -0.2) is 23.9 Å². The SMILES string of the molecule is C[C@H]1OCCC[C@@H]1[C@H]1CCCC[C@@H]1O.